The molecule has 0 aliphatic rings. The van der Waals surface area contributed by atoms with Gasteiger partial charge in [0.2, 0.25) is 0 Å². The molecule has 0 aliphatic heterocycles. The smallest absolute Gasteiger partial charge is 0.273 e. The van der Waals surface area contributed by atoms with E-state index in [1.165, 1.54) is 4.90 Å². The molecule has 23 heavy (non-hydrogen) atoms. The van der Waals surface area contributed by atoms with E-state index in [4.69, 9.17) is 4.52 Å². The summed E-state index contributed by atoms with van der Waals surface area (Å²) in [6.45, 7) is 0.575. The predicted octanol–water partition coefficient (Wildman–Crippen LogP) is 3.86. The molecule has 116 valence electrons. The molecule has 1 amide bonds. The van der Waals surface area contributed by atoms with Crippen LogP contribution in [0.15, 0.2) is 76.1 Å². The number of rotatable bonds is 6. The molecule has 4 nitrogen and oxygen atoms in total. The van der Waals surface area contributed by atoms with E-state index >= 15 is 0 Å². The van der Waals surface area contributed by atoms with Gasteiger partial charge in [0.1, 0.15) is 0 Å². The zero-order valence-electron chi connectivity index (χ0n) is 12.4. The third-order valence-electron chi connectivity index (χ3n) is 3.20. The fourth-order valence-electron chi connectivity index (χ4n) is 2.06. The van der Waals surface area contributed by atoms with Gasteiger partial charge in [-0.1, -0.05) is 53.7 Å². The highest BCUT2D eigenvalue weighted by molar-refractivity contribution is 7.99. The van der Waals surface area contributed by atoms with E-state index in [1.54, 1.807) is 17.8 Å². The first-order valence-electron chi connectivity index (χ1n) is 7.31. The van der Waals surface area contributed by atoms with Crippen LogP contribution in [0.4, 0.5) is 0 Å². The minimum atomic E-state index is -0.218. The van der Waals surface area contributed by atoms with Crippen LogP contribution in [0, 0.1) is 0 Å². The second kappa shape index (κ2) is 7.65. The van der Waals surface area contributed by atoms with Crippen LogP contribution in [0.25, 0.3) is 11.3 Å². The first-order valence-corrected chi connectivity index (χ1v) is 8.30. The lowest BCUT2D eigenvalue weighted by molar-refractivity contribution is 0.0947. The number of carbonyl (C=O) groups is 1. The molecule has 5 heteroatoms. The molecule has 3 rings (SSSR count). The Balaban J connectivity index is 1.50. The molecule has 3 aromatic rings. The Kier molecular flexibility index (Phi) is 5.11. The Labute approximate surface area is 138 Å². The quantitative estimate of drug-likeness (QED) is 0.552. The zero-order valence-corrected chi connectivity index (χ0v) is 13.3. The van der Waals surface area contributed by atoms with Gasteiger partial charge in [-0.15, -0.1) is 11.8 Å². The van der Waals surface area contributed by atoms with Crippen molar-refractivity contribution in [3.63, 3.8) is 0 Å². The van der Waals surface area contributed by atoms with Crippen molar-refractivity contribution in [3.8, 4) is 11.3 Å². The number of benzene rings is 2. The maximum absolute atomic E-state index is 12.1. The molecule has 0 aliphatic carbocycles. The van der Waals surface area contributed by atoms with Gasteiger partial charge in [0.15, 0.2) is 11.5 Å². The number of thioether (sulfide) groups is 1. The Bertz CT molecular complexity index is 757. The van der Waals surface area contributed by atoms with Crippen LogP contribution < -0.4 is 5.32 Å². The van der Waals surface area contributed by atoms with E-state index in [0.29, 0.717) is 18.0 Å². The standard InChI is InChI=1S/C18H16N2O2S/c21-18(19-11-12-23-15-9-5-2-6-10-15)16-13-17(22-20-16)14-7-3-1-4-8-14/h1-10,13H,11-12H2,(H,19,21). The molecule has 1 N–H and O–H groups in total. The average Bonchev–Trinajstić information content (AvgIpc) is 3.10. The fourth-order valence-corrected chi connectivity index (χ4v) is 2.85. The maximum atomic E-state index is 12.1. The van der Waals surface area contributed by atoms with Gasteiger partial charge in [-0.2, -0.15) is 0 Å². The summed E-state index contributed by atoms with van der Waals surface area (Å²) in [6.07, 6.45) is 0. The van der Waals surface area contributed by atoms with E-state index < -0.39 is 0 Å². The van der Waals surface area contributed by atoms with E-state index in [2.05, 4.69) is 22.6 Å². The summed E-state index contributed by atoms with van der Waals surface area (Å²) in [6, 6.07) is 21.3. The highest BCUT2D eigenvalue weighted by Crippen LogP contribution is 2.19. The van der Waals surface area contributed by atoms with Crippen molar-refractivity contribution in [2.24, 2.45) is 0 Å². The SMILES string of the molecule is O=C(NCCSc1ccccc1)c1cc(-c2ccccc2)on1. The van der Waals surface area contributed by atoms with Gasteiger partial charge in [-0.3, -0.25) is 4.79 Å². The van der Waals surface area contributed by atoms with Gasteiger partial charge in [0.05, 0.1) is 0 Å². The molecule has 0 atom stereocenters. The first kappa shape index (κ1) is 15.4. The van der Waals surface area contributed by atoms with E-state index in [-0.39, 0.29) is 5.91 Å². The second-order valence-corrected chi connectivity index (χ2v) is 6.03. The molecule has 0 saturated heterocycles. The van der Waals surface area contributed by atoms with Crippen LogP contribution >= 0.6 is 11.8 Å². The lowest BCUT2D eigenvalue weighted by Crippen LogP contribution is -2.25. The third-order valence-corrected chi connectivity index (χ3v) is 4.21. The van der Waals surface area contributed by atoms with Gasteiger partial charge in [0.25, 0.3) is 5.91 Å². The lowest BCUT2D eigenvalue weighted by Gasteiger charge is -2.02. The molecule has 1 heterocycles. The summed E-state index contributed by atoms with van der Waals surface area (Å²) in [5.74, 6) is 1.18. The average molecular weight is 324 g/mol. The van der Waals surface area contributed by atoms with Gasteiger partial charge < -0.3 is 9.84 Å². The summed E-state index contributed by atoms with van der Waals surface area (Å²) < 4.78 is 5.23. The third kappa shape index (κ3) is 4.23. The van der Waals surface area contributed by atoms with Crippen molar-refractivity contribution in [1.82, 2.24) is 10.5 Å². The van der Waals surface area contributed by atoms with Crippen molar-refractivity contribution in [3.05, 3.63) is 72.4 Å². The lowest BCUT2D eigenvalue weighted by atomic mass is 10.1. The molecule has 0 bridgehead atoms. The number of hydrogen-bond acceptors (Lipinski definition) is 4. The highest BCUT2D eigenvalue weighted by Gasteiger charge is 2.12. The minimum absolute atomic E-state index is 0.218. The van der Waals surface area contributed by atoms with Gasteiger partial charge in [-0.05, 0) is 12.1 Å². The van der Waals surface area contributed by atoms with Crippen LogP contribution in [0.3, 0.4) is 0 Å². The molecular weight excluding hydrogens is 308 g/mol. The molecule has 0 spiro atoms. The number of amides is 1. The van der Waals surface area contributed by atoms with E-state index in [1.807, 2.05) is 48.5 Å². The molecule has 0 fully saturated rings. The topological polar surface area (TPSA) is 55.1 Å². The van der Waals surface area contributed by atoms with Gasteiger partial charge in [0, 0.05) is 28.8 Å². The van der Waals surface area contributed by atoms with Crippen LogP contribution in [0.5, 0.6) is 0 Å². The summed E-state index contributed by atoms with van der Waals surface area (Å²) in [4.78, 5) is 13.2. The van der Waals surface area contributed by atoms with Gasteiger partial charge >= 0.3 is 0 Å². The Morgan fingerprint density at radius 1 is 1.04 bits per heavy atom. The van der Waals surface area contributed by atoms with E-state index in [9.17, 15) is 4.79 Å². The van der Waals surface area contributed by atoms with Crippen LogP contribution in [0.2, 0.25) is 0 Å². The molecule has 0 radical (unpaired) electrons. The Morgan fingerprint density at radius 2 is 1.74 bits per heavy atom. The number of hydrogen-bond donors (Lipinski definition) is 1. The first-order chi connectivity index (χ1) is 11.3. The van der Waals surface area contributed by atoms with Crippen LogP contribution in [0.1, 0.15) is 10.5 Å². The molecule has 0 unspecified atom stereocenters. The second-order valence-electron chi connectivity index (χ2n) is 4.86. The normalized spacial score (nSPS) is 10.4. The molecule has 1 aromatic heterocycles. The summed E-state index contributed by atoms with van der Waals surface area (Å²) in [5.41, 5.74) is 1.20. The number of carbonyl (C=O) groups excluding carboxylic acids is 1. The van der Waals surface area contributed by atoms with Gasteiger partial charge in [-0.25, -0.2) is 0 Å². The molecule has 2 aromatic carbocycles. The minimum Gasteiger partial charge on any atom is -0.355 e. The zero-order chi connectivity index (χ0) is 15.9. The highest BCUT2D eigenvalue weighted by atomic mass is 32.2. The molecular formula is C18H16N2O2S. The van der Waals surface area contributed by atoms with E-state index in [0.717, 1.165) is 11.3 Å². The monoisotopic (exact) mass is 324 g/mol. The van der Waals surface area contributed by atoms with Crippen molar-refractivity contribution in [2.45, 2.75) is 4.90 Å². The Morgan fingerprint density at radius 3 is 2.48 bits per heavy atom. The van der Waals surface area contributed by atoms with Crippen molar-refractivity contribution < 1.29 is 9.32 Å². The fraction of sp³-hybridized carbons (Fsp3) is 0.111. The maximum Gasteiger partial charge on any atom is 0.273 e. The molecule has 0 saturated carbocycles. The van der Waals surface area contributed by atoms with Crippen LogP contribution in [-0.4, -0.2) is 23.4 Å². The summed E-state index contributed by atoms with van der Waals surface area (Å²) >= 11 is 1.70. The number of nitrogens with zero attached hydrogens (tertiary/aromatic N) is 1. The van der Waals surface area contributed by atoms with Crippen molar-refractivity contribution in [2.75, 3.05) is 12.3 Å². The Hall–Kier alpha value is -2.53. The number of nitrogens with one attached hydrogen (secondary N) is 1. The summed E-state index contributed by atoms with van der Waals surface area (Å²) in [5, 5.41) is 6.69. The summed E-state index contributed by atoms with van der Waals surface area (Å²) in [7, 11) is 0. The van der Waals surface area contributed by atoms with Crippen molar-refractivity contribution in [1.29, 1.82) is 0 Å². The number of aromatic nitrogens is 1. The van der Waals surface area contributed by atoms with Crippen LogP contribution in [-0.2, 0) is 0 Å². The van der Waals surface area contributed by atoms with Crippen molar-refractivity contribution >= 4 is 17.7 Å². The largest absolute Gasteiger partial charge is 0.355 e. The predicted molar refractivity (Wildman–Crippen MR) is 91.4 cm³/mol.